The molecule has 0 aromatic heterocycles. The fourth-order valence-electron chi connectivity index (χ4n) is 2.65. The second-order valence-electron chi connectivity index (χ2n) is 7.12. The van der Waals surface area contributed by atoms with Crippen LogP contribution in [0.15, 0.2) is 22.7 Å². The van der Waals surface area contributed by atoms with Crippen LogP contribution in [-0.4, -0.2) is 52.2 Å². The average molecular weight is 431 g/mol. The number of nitrogens with zero attached hydrogens (tertiary/aromatic N) is 1. The summed E-state index contributed by atoms with van der Waals surface area (Å²) in [5.41, 5.74) is -2.20. The van der Waals surface area contributed by atoms with Gasteiger partial charge in [-0.2, -0.15) is 0 Å². The summed E-state index contributed by atoms with van der Waals surface area (Å²) in [6.07, 6.45) is -0.830. The van der Waals surface area contributed by atoms with Crippen LogP contribution in [0.25, 0.3) is 0 Å². The molecular formula is C17H20BrFN2O5. The van der Waals surface area contributed by atoms with Gasteiger partial charge in [0.2, 0.25) is 0 Å². The molecule has 0 saturated carbocycles. The standard InChI is InChI=1S/C17H20BrFN2O5/c1-16(2,3)26-15(25)20-17(14(23)24)6-7-21(9-17)13(22)11-5-4-10(19)8-12(11)18/h4-5,8H,6-7,9H2,1-3H3,(H,20,25)(H,23,24). The van der Waals surface area contributed by atoms with E-state index in [9.17, 15) is 23.9 Å². The largest absolute Gasteiger partial charge is 0.479 e. The van der Waals surface area contributed by atoms with Crippen LogP contribution >= 0.6 is 15.9 Å². The number of hydrogen-bond donors (Lipinski definition) is 2. The number of ether oxygens (including phenoxy) is 1. The number of benzene rings is 1. The van der Waals surface area contributed by atoms with Crippen LogP contribution in [0.5, 0.6) is 0 Å². The average Bonchev–Trinajstić information content (AvgIpc) is 2.90. The van der Waals surface area contributed by atoms with Crippen molar-refractivity contribution in [3.63, 3.8) is 0 Å². The summed E-state index contributed by atoms with van der Waals surface area (Å²) in [5.74, 6) is -2.20. The van der Waals surface area contributed by atoms with Gasteiger partial charge in [-0.15, -0.1) is 0 Å². The van der Waals surface area contributed by atoms with Crippen LogP contribution in [0.4, 0.5) is 9.18 Å². The molecule has 0 bridgehead atoms. The van der Waals surface area contributed by atoms with E-state index in [-0.39, 0.29) is 29.5 Å². The fraction of sp³-hybridized carbons (Fsp3) is 0.471. The first kappa shape index (κ1) is 20.2. The Labute approximate surface area is 158 Å². The van der Waals surface area contributed by atoms with Gasteiger partial charge in [0.1, 0.15) is 11.4 Å². The van der Waals surface area contributed by atoms with Crippen molar-refractivity contribution in [2.75, 3.05) is 13.1 Å². The number of carbonyl (C=O) groups excluding carboxylic acids is 2. The highest BCUT2D eigenvalue weighted by molar-refractivity contribution is 9.10. The maximum absolute atomic E-state index is 13.2. The highest BCUT2D eigenvalue weighted by Gasteiger charge is 2.48. The van der Waals surface area contributed by atoms with Crippen LogP contribution in [0.2, 0.25) is 0 Å². The minimum Gasteiger partial charge on any atom is -0.479 e. The molecule has 1 aromatic carbocycles. The lowest BCUT2D eigenvalue weighted by molar-refractivity contribution is -0.144. The monoisotopic (exact) mass is 430 g/mol. The molecule has 7 nitrogen and oxygen atoms in total. The number of rotatable bonds is 3. The molecule has 1 aliphatic rings. The highest BCUT2D eigenvalue weighted by Crippen LogP contribution is 2.27. The zero-order valence-corrected chi connectivity index (χ0v) is 16.2. The Kier molecular flexibility index (Phi) is 5.60. The number of carboxylic acids is 1. The van der Waals surface area contributed by atoms with Crippen molar-refractivity contribution >= 4 is 33.9 Å². The summed E-state index contributed by atoms with van der Waals surface area (Å²) < 4.78 is 18.6. The number of amides is 2. The molecule has 142 valence electrons. The van der Waals surface area contributed by atoms with E-state index in [1.165, 1.54) is 11.0 Å². The van der Waals surface area contributed by atoms with Gasteiger partial charge in [-0.3, -0.25) is 4.79 Å². The van der Waals surface area contributed by atoms with Gasteiger partial charge in [0.15, 0.2) is 5.54 Å². The van der Waals surface area contributed by atoms with Gasteiger partial charge in [-0.05, 0) is 54.9 Å². The second kappa shape index (κ2) is 7.22. The second-order valence-corrected chi connectivity index (χ2v) is 7.97. The molecule has 0 radical (unpaired) electrons. The maximum atomic E-state index is 13.2. The van der Waals surface area contributed by atoms with Gasteiger partial charge in [0.25, 0.3) is 5.91 Å². The zero-order chi connectivity index (χ0) is 19.7. The zero-order valence-electron chi connectivity index (χ0n) is 14.6. The van der Waals surface area contributed by atoms with E-state index < -0.39 is 34.9 Å². The smallest absolute Gasteiger partial charge is 0.408 e. The topological polar surface area (TPSA) is 95.9 Å². The summed E-state index contributed by atoms with van der Waals surface area (Å²) in [4.78, 5) is 37.7. The van der Waals surface area contributed by atoms with Crippen LogP contribution in [-0.2, 0) is 9.53 Å². The van der Waals surface area contributed by atoms with Gasteiger partial charge < -0.3 is 20.1 Å². The first-order valence-corrected chi connectivity index (χ1v) is 8.72. The third-order valence-electron chi connectivity index (χ3n) is 3.87. The van der Waals surface area contributed by atoms with Gasteiger partial charge >= 0.3 is 12.1 Å². The number of alkyl carbamates (subject to hydrolysis) is 1. The van der Waals surface area contributed by atoms with E-state index in [2.05, 4.69) is 21.2 Å². The predicted octanol–water partition coefficient (Wildman–Crippen LogP) is 2.78. The van der Waals surface area contributed by atoms with E-state index in [0.29, 0.717) is 0 Å². The van der Waals surface area contributed by atoms with Crippen molar-refractivity contribution in [1.82, 2.24) is 10.2 Å². The van der Waals surface area contributed by atoms with Crippen LogP contribution in [0.1, 0.15) is 37.6 Å². The van der Waals surface area contributed by atoms with Crippen molar-refractivity contribution in [3.8, 4) is 0 Å². The van der Waals surface area contributed by atoms with Crippen LogP contribution < -0.4 is 5.32 Å². The molecule has 9 heteroatoms. The molecule has 2 amide bonds. The number of nitrogens with one attached hydrogen (secondary N) is 1. The van der Waals surface area contributed by atoms with E-state index >= 15 is 0 Å². The molecule has 1 unspecified atom stereocenters. The summed E-state index contributed by atoms with van der Waals surface area (Å²) in [5, 5.41) is 12.0. The van der Waals surface area contributed by atoms with Crippen molar-refractivity contribution in [1.29, 1.82) is 0 Å². The molecule has 1 aromatic rings. The van der Waals surface area contributed by atoms with Crippen LogP contribution in [0, 0.1) is 5.82 Å². The number of carboxylic acid groups (broad SMARTS) is 1. The molecule has 1 atom stereocenters. The number of aliphatic carboxylic acids is 1. The van der Waals surface area contributed by atoms with Gasteiger partial charge in [-0.25, -0.2) is 14.0 Å². The quantitative estimate of drug-likeness (QED) is 0.768. The Balaban J connectivity index is 2.17. The lowest BCUT2D eigenvalue weighted by Crippen LogP contribution is -2.57. The van der Waals surface area contributed by atoms with E-state index in [4.69, 9.17) is 4.74 Å². The molecule has 0 spiro atoms. The van der Waals surface area contributed by atoms with Crippen molar-refractivity contribution in [3.05, 3.63) is 34.1 Å². The molecule has 2 rings (SSSR count). The lowest BCUT2D eigenvalue weighted by atomic mass is 9.99. The Morgan fingerprint density at radius 3 is 2.54 bits per heavy atom. The first-order valence-electron chi connectivity index (χ1n) is 7.92. The minimum absolute atomic E-state index is 0.0339. The molecule has 1 heterocycles. The summed E-state index contributed by atoms with van der Waals surface area (Å²) in [6.45, 7) is 4.90. The predicted molar refractivity (Wildman–Crippen MR) is 94.4 cm³/mol. The lowest BCUT2D eigenvalue weighted by Gasteiger charge is -2.28. The Bertz CT molecular complexity index is 749. The van der Waals surface area contributed by atoms with Gasteiger partial charge in [0.05, 0.1) is 12.1 Å². The number of carbonyl (C=O) groups is 3. The molecule has 1 aliphatic heterocycles. The first-order chi connectivity index (χ1) is 11.9. The van der Waals surface area contributed by atoms with Gasteiger partial charge in [-0.1, -0.05) is 0 Å². The highest BCUT2D eigenvalue weighted by atomic mass is 79.9. The van der Waals surface area contributed by atoms with Crippen LogP contribution in [0.3, 0.4) is 0 Å². The Morgan fingerprint density at radius 2 is 2.00 bits per heavy atom. The van der Waals surface area contributed by atoms with E-state index in [1.807, 2.05) is 0 Å². The Morgan fingerprint density at radius 1 is 1.35 bits per heavy atom. The SMILES string of the molecule is CC(C)(C)OC(=O)NC1(C(=O)O)CCN(C(=O)c2ccc(F)cc2Br)C1. The van der Waals surface area contributed by atoms with Gasteiger partial charge in [0, 0.05) is 17.4 Å². The maximum Gasteiger partial charge on any atom is 0.408 e. The summed E-state index contributed by atoms with van der Waals surface area (Å²) in [6, 6.07) is 3.63. The van der Waals surface area contributed by atoms with E-state index in [0.717, 1.165) is 12.1 Å². The number of likely N-dealkylation sites (tertiary alicyclic amines) is 1. The third kappa shape index (κ3) is 4.51. The minimum atomic E-state index is -1.63. The molecule has 1 saturated heterocycles. The third-order valence-corrected chi connectivity index (χ3v) is 4.52. The molecule has 26 heavy (non-hydrogen) atoms. The fourth-order valence-corrected chi connectivity index (χ4v) is 3.17. The molecule has 2 N–H and O–H groups in total. The number of hydrogen-bond acceptors (Lipinski definition) is 4. The van der Waals surface area contributed by atoms with Crippen molar-refractivity contribution < 1.29 is 28.6 Å². The summed E-state index contributed by atoms with van der Waals surface area (Å²) in [7, 11) is 0. The van der Waals surface area contributed by atoms with Crippen molar-refractivity contribution in [2.45, 2.75) is 38.3 Å². The van der Waals surface area contributed by atoms with E-state index in [1.54, 1.807) is 20.8 Å². The summed E-state index contributed by atoms with van der Waals surface area (Å²) >= 11 is 3.13. The Hall–Kier alpha value is -2.16. The molecule has 0 aliphatic carbocycles. The number of halogens is 2. The molecule has 1 fully saturated rings. The normalized spacial score (nSPS) is 20.0. The van der Waals surface area contributed by atoms with Crippen molar-refractivity contribution in [2.24, 2.45) is 0 Å². The molecular weight excluding hydrogens is 411 g/mol.